The van der Waals surface area contributed by atoms with Crippen LogP contribution in [0, 0.1) is 0 Å². The van der Waals surface area contributed by atoms with E-state index in [4.69, 9.17) is 20.9 Å². The molecule has 0 heterocycles. The van der Waals surface area contributed by atoms with E-state index in [0.29, 0.717) is 31.2 Å². The molecule has 0 radical (unpaired) electrons. The number of methoxy groups -OCH3 is 1. The number of allylic oxidation sites excluding steroid dienone is 1. The number of anilines is 1. The molecule has 0 aliphatic heterocycles. The molecule has 0 aromatic heterocycles. The molecule has 0 atom stereocenters. The molecule has 0 aliphatic carbocycles. The summed E-state index contributed by atoms with van der Waals surface area (Å²) in [6, 6.07) is 7.60. The number of nitrogen functional groups attached to an aromatic ring is 1. The van der Waals surface area contributed by atoms with Crippen molar-refractivity contribution in [2.45, 2.75) is 6.42 Å². The molecule has 1 rings (SSSR count). The minimum atomic E-state index is 0.384. The van der Waals surface area contributed by atoms with Crippen LogP contribution < -0.4 is 11.5 Å². The van der Waals surface area contributed by atoms with Crippen LogP contribution in [0.3, 0.4) is 0 Å². The Kier molecular flexibility index (Phi) is 6.71. The lowest BCUT2D eigenvalue weighted by Gasteiger charge is -2.10. The molecular weight excluding hydrogens is 240 g/mol. The van der Waals surface area contributed by atoms with Gasteiger partial charge in [-0.2, -0.15) is 0 Å². The smallest absolute Gasteiger partial charge is 0.112 e. The minimum Gasteiger partial charge on any atom is -0.494 e. The molecule has 0 unspecified atom stereocenters. The fourth-order valence-electron chi connectivity index (χ4n) is 1.68. The van der Waals surface area contributed by atoms with Crippen LogP contribution in [0.25, 0.3) is 5.57 Å². The lowest BCUT2D eigenvalue weighted by molar-refractivity contribution is 0.150. The van der Waals surface area contributed by atoms with E-state index in [2.05, 4.69) is 6.58 Å². The summed E-state index contributed by atoms with van der Waals surface area (Å²) >= 11 is 0. The maximum atomic E-state index is 5.93. The summed E-state index contributed by atoms with van der Waals surface area (Å²) in [5.74, 6) is 0.583. The third kappa shape index (κ3) is 5.16. The zero-order chi connectivity index (χ0) is 14.1. The molecule has 1 aromatic carbocycles. The Labute approximate surface area is 114 Å². The first-order valence-electron chi connectivity index (χ1n) is 6.25. The van der Waals surface area contributed by atoms with Gasteiger partial charge in [0, 0.05) is 37.9 Å². The molecule has 0 fully saturated rings. The molecule has 0 aliphatic rings. The molecule has 0 saturated heterocycles. The van der Waals surface area contributed by atoms with Crippen molar-refractivity contribution in [3.8, 4) is 0 Å². The van der Waals surface area contributed by atoms with Crippen molar-refractivity contribution < 1.29 is 9.47 Å². The van der Waals surface area contributed by atoms with Crippen LogP contribution in [0.2, 0.25) is 0 Å². The molecule has 0 amide bonds. The van der Waals surface area contributed by atoms with Crippen LogP contribution >= 0.6 is 0 Å². The molecule has 4 nitrogen and oxygen atoms in total. The highest BCUT2D eigenvalue weighted by Crippen LogP contribution is 2.21. The standard InChI is InChI=1S/C15H22N2O2/c1-12(19-9-5-8-18-2)10-13(11-16)14-6-3-4-7-15(14)17/h3-4,6-7,10H,1,5,8-9,11,16-17H2,2H3/b13-10-. The molecular formula is C15H22N2O2. The Morgan fingerprint density at radius 3 is 2.68 bits per heavy atom. The third-order valence-electron chi connectivity index (χ3n) is 2.64. The second kappa shape index (κ2) is 8.34. The Morgan fingerprint density at radius 2 is 2.05 bits per heavy atom. The highest BCUT2D eigenvalue weighted by atomic mass is 16.5. The van der Waals surface area contributed by atoms with Gasteiger partial charge in [0.25, 0.3) is 0 Å². The van der Waals surface area contributed by atoms with Crippen molar-refractivity contribution in [3.05, 3.63) is 48.2 Å². The Bertz CT molecular complexity index is 442. The van der Waals surface area contributed by atoms with Gasteiger partial charge in [-0.1, -0.05) is 24.8 Å². The van der Waals surface area contributed by atoms with Crippen molar-refractivity contribution in [2.24, 2.45) is 5.73 Å². The average molecular weight is 262 g/mol. The molecule has 4 heteroatoms. The topological polar surface area (TPSA) is 70.5 Å². The van der Waals surface area contributed by atoms with Crippen LogP contribution in [0.4, 0.5) is 5.69 Å². The van der Waals surface area contributed by atoms with E-state index in [0.717, 1.165) is 17.6 Å². The van der Waals surface area contributed by atoms with Gasteiger partial charge < -0.3 is 20.9 Å². The molecule has 4 N–H and O–H groups in total. The SMILES string of the molecule is C=C(/C=C(/CN)c1ccccc1N)OCCCOC. The first-order valence-corrected chi connectivity index (χ1v) is 6.25. The van der Waals surface area contributed by atoms with Gasteiger partial charge in [-0.3, -0.25) is 0 Å². The van der Waals surface area contributed by atoms with E-state index >= 15 is 0 Å². The van der Waals surface area contributed by atoms with E-state index in [1.54, 1.807) is 7.11 Å². The summed E-state index contributed by atoms with van der Waals surface area (Å²) in [4.78, 5) is 0. The fourth-order valence-corrected chi connectivity index (χ4v) is 1.68. The number of hydrogen-bond donors (Lipinski definition) is 2. The molecule has 0 spiro atoms. The summed E-state index contributed by atoms with van der Waals surface area (Å²) in [6.45, 7) is 5.49. The number of benzene rings is 1. The number of hydrogen-bond acceptors (Lipinski definition) is 4. The van der Waals surface area contributed by atoms with E-state index < -0.39 is 0 Å². The van der Waals surface area contributed by atoms with Crippen LogP contribution in [-0.4, -0.2) is 26.9 Å². The summed E-state index contributed by atoms with van der Waals surface area (Å²) in [5, 5.41) is 0. The zero-order valence-corrected chi connectivity index (χ0v) is 11.4. The summed E-state index contributed by atoms with van der Waals surface area (Å²) < 4.78 is 10.4. The van der Waals surface area contributed by atoms with Crippen molar-refractivity contribution in [3.63, 3.8) is 0 Å². The fraction of sp³-hybridized carbons (Fsp3) is 0.333. The van der Waals surface area contributed by atoms with Crippen molar-refractivity contribution in [1.29, 1.82) is 0 Å². The van der Waals surface area contributed by atoms with E-state index in [-0.39, 0.29) is 0 Å². The molecule has 0 saturated carbocycles. The second-order valence-corrected chi connectivity index (χ2v) is 4.12. The Morgan fingerprint density at radius 1 is 1.32 bits per heavy atom. The Balaban J connectivity index is 2.66. The number of ether oxygens (including phenoxy) is 2. The Hall–Kier alpha value is -1.78. The van der Waals surface area contributed by atoms with Crippen molar-refractivity contribution >= 4 is 11.3 Å². The first-order chi connectivity index (χ1) is 9.19. The van der Waals surface area contributed by atoms with E-state index in [1.807, 2.05) is 30.3 Å². The maximum Gasteiger partial charge on any atom is 0.112 e. The lowest BCUT2D eigenvalue weighted by atomic mass is 10.0. The predicted molar refractivity (Wildman–Crippen MR) is 79.5 cm³/mol. The molecule has 19 heavy (non-hydrogen) atoms. The second-order valence-electron chi connectivity index (χ2n) is 4.12. The predicted octanol–water partition coefficient (Wildman–Crippen LogP) is 2.18. The van der Waals surface area contributed by atoms with Crippen molar-refractivity contribution in [1.82, 2.24) is 0 Å². The van der Waals surface area contributed by atoms with Gasteiger partial charge in [0.1, 0.15) is 5.76 Å². The quantitative estimate of drug-likeness (QED) is 0.326. The van der Waals surface area contributed by atoms with Gasteiger partial charge in [0.2, 0.25) is 0 Å². The van der Waals surface area contributed by atoms with Gasteiger partial charge >= 0.3 is 0 Å². The summed E-state index contributed by atoms with van der Waals surface area (Å²) in [5.41, 5.74) is 14.2. The lowest BCUT2D eigenvalue weighted by Crippen LogP contribution is -2.06. The van der Waals surface area contributed by atoms with Crippen LogP contribution in [0.15, 0.2) is 42.7 Å². The summed E-state index contributed by atoms with van der Waals surface area (Å²) in [6.07, 6.45) is 2.66. The normalized spacial score (nSPS) is 11.4. The highest BCUT2D eigenvalue weighted by molar-refractivity contribution is 5.77. The van der Waals surface area contributed by atoms with Gasteiger partial charge in [-0.15, -0.1) is 0 Å². The van der Waals surface area contributed by atoms with Gasteiger partial charge in [-0.25, -0.2) is 0 Å². The number of rotatable bonds is 8. The molecule has 1 aromatic rings. The largest absolute Gasteiger partial charge is 0.494 e. The van der Waals surface area contributed by atoms with Gasteiger partial charge in [0.15, 0.2) is 0 Å². The molecule has 0 bridgehead atoms. The van der Waals surface area contributed by atoms with Gasteiger partial charge in [0.05, 0.1) is 6.61 Å². The van der Waals surface area contributed by atoms with E-state index in [1.165, 1.54) is 0 Å². The number of nitrogens with two attached hydrogens (primary N) is 2. The van der Waals surface area contributed by atoms with Gasteiger partial charge in [-0.05, 0) is 17.7 Å². The van der Waals surface area contributed by atoms with Crippen molar-refractivity contribution in [2.75, 3.05) is 32.6 Å². The van der Waals surface area contributed by atoms with Crippen LogP contribution in [0.5, 0.6) is 0 Å². The minimum absolute atomic E-state index is 0.384. The zero-order valence-electron chi connectivity index (χ0n) is 11.4. The van der Waals surface area contributed by atoms with Crippen LogP contribution in [-0.2, 0) is 9.47 Å². The maximum absolute atomic E-state index is 5.93. The number of para-hydroxylation sites is 1. The first kappa shape index (κ1) is 15.3. The van der Waals surface area contributed by atoms with E-state index in [9.17, 15) is 0 Å². The monoisotopic (exact) mass is 262 g/mol. The summed E-state index contributed by atoms with van der Waals surface area (Å²) in [7, 11) is 1.67. The van der Waals surface area contributed by atoms with Crippen LogP contribution in [0.1, 0.15) is 12.0 Å². The average Bonchev–Trinajstić information content (AvgIpc) is 2.42. The third-order valence-corrected chi connectivity index (χ3v) is 2.64. The highest BCUT2D eigenvalue weighted by Gasteiger charge is 2.04. The molecule has 104 valence electrons.